The smallest absolute Gasteiger partial charge is 0.261 e. The highest BCUT2D eigenvalue weighted by molar-refractivity contribution is 5.86. The standard InChI is InChI=1S/C32H26N3/c1-23-27(16-11-21-33-23)32-34(2)30-17-9-10-18-31(30)35(32)29-20-19-26(24-12-5-3-6-13-24)22-28(29)25-14-7-4-8-15-25/h3-22H,1-2H3/q+1. The van der Waals surface area contributed by atoms with Crippen LogP contribution in [0, 0.1) is 6.92 Å². The van der Waals surface area contributed by atoms with Crippen LogP contribution in [0.5, 0.6) is 0 Å². The first-order valence-electron chi connectivity index (χ1n) is 11.9. The maximum Gasteiger partial charge on any atom is 0.296 e. The van der Waals surface area contributed by atoms with Gasteiger partial charge in [-0.25, -0.2) is 4.57 Å². The number of fused-ring (bicyclic) bond motifs is 1. The predicted molar refractivity (Wildman–Crippen MR) is 143 cm³/mol. The summed E-state index contributed by atoms with van der Waals surface area (Å²) in [5, 5.41) is 0. The molecule has 0 aliphatic heterocycles. The lowest BCUT2D eigenvalue weighted by Gasteiger charge is -2.13. The molecule has 0 amide bonds. The number of nitrogens with zero attached hydrogens (tertiary/aromatic N) is 3. The molecule has 0 spiro atoms. The molecular formula is C32H26N3+. The molecule has 0 N–H and O–H groups in total. The van der Waals surface area contributed by atoms with Crippen molar-refractivity contribution in [1.82, 2.24) is 9.55 Å². The third-order valence-electron chi connectivity index (χ3n) is 6.69. The van der Waals surface area contributed by atoms with E-state index in [4.69, 9.17) is 0 Å². The average molecular weight is 453 g/mol. The Morgan fingerprint density at radius 2 is 1.31 bits per heavy atom. The molecule has 0 saturated carbocycles. The zero-order valence-corrected chi connectivity index (χ0v) is 19.9. The van der Waals surface area contributed by atoms with Crippen molar-refractivity contribution in [3.63, 3.8) is 0 Å². The first-order chi connectivity index (χ1) is 17.2. The summed E-state index contributed by atoms with van der Waals surface area (Å²) in [5.41, 5.74) is 10.4. The fraction of sp³-hybridized carbons (Fsp3) is 0.0625. The van der Waals surface area contributed by atoms with Crippen molar-refractivity contribution in [2.75, 3.05) is 0 Å². The second-order valence-corrected chi connectivity index (χ2v) is 8.81. The van der Waals surface area contributed by atoms with Crippen molar-refractivity contribution < 1.29 is 4.57 Å². The van der Waals surface area contributed by atoms with Gasteiger partial charge >= 0.3 is 0 Å². The summed E-state index contributed by atoms with van der Waals surface area (Å²) < 4.78 is 4.66. The molecule has 35 heavy (non-hydrogen) atoms. The molecule has 6 rings (SSSR count). The lowest BCUT2D eigenvalue weighted by molar-refractivity contribution is -0.633. The van der Waals surface area contributed by atoms with E-state index >= 15 is 0 Å². The molecular weight excluding hydrogens is 426 g/mol. The Kier molecular flexibility index (Phi) is 5.23. The van der Waals surface area contributed by atoms with E-state index in [1.165, 1.54) is 27.8 Å². The van der Waals surface area contributed by atoms with Crippen LogP contribution in [-0.4, -0.2) is 9.55 Å². The fourth-order valence-corrected chi connectivity index (χ4v) is 4.97. The Morgan fingerprint density at radius 3 is 2.06 bits per heavy atom. The zero-order chi connectivity index (χ0) is 23.8. The number of aromatic nitrogens is 3. The largest absolute Gasteiger partial charge is 0.296 e. The molecule has 3 heteroatoms. The lowest BCUT2D eigenvalue weighted by atomic mass is 9.97. The van der Waals surface area contributed by atoms with Gasteiger partial charge in [0.2, 0.25) is 0 Å². The van der Waals surface area contributed by atoms with Gasteiger partial charge in [0.25, 0.3) is 5.82 Å². The third kappa shape index (κ3) is 3.62. The lowest BCUT2D eigenvalue weighted by Crippen LogP contribution is -2.30. The molecule has 2 heterocycles. The SMILES string of the molecule is Cc1ncccc1-c1n(-c2ccc(-c3ccccc3)cc2-c2ccccc2)c2ccccc2[n+]1C. The molecule has 0 aliphatic carbocycles. The third-order valence-corrected chi connectivity index (χ3v) is 6.69. The van der Waals surface area contributed by atoms with Crippen molar-refractivity contribution >= 4 is 11.0 Å². The molecule has 0 saturated heterocycles. The van der Waals surface area contributed by atoms with E-state index in [-0.39, 0.29) is 0 Å². The van der Waals surface area contributed by atoms with E-state index in [0.29, 0.717) is 0 Å². The van der Waals surface area contributed by atoms with Crippen LogP contribution in [0.25, 0.3) is 50.4 Å². The van der Waals surface area contributed by atoms with Crippen molar-refractivity contribution in [2.45, 2.75) is 6.92 Å². The highest BCUT2D eigenvalue weighted by Crippen LogP contribution is 2.36. The van der Waals surface area contributed by atoms with Gasteiger partial charge in [-0.15, -0.1) is 0 Å². The molecule has 0 bridgehead atoms. The van der Waals surface area contributed by atoms with E-state index in [0.717, 1.165) is 28.3 Å². The number of rotatable bonds is 4. The Labute approximate surface area is 205 Å². The summed E-state index contributed by atoms with van der Waals surface area (Å²) in [7, 11) is 2.14. The minimum absolute atomic E-state index is 1.01. The van der Waals surface area contributed by atoms with Crippen LogP contribution >= 0.6 is 0 Å². The molecule has 0 atom stereocenters. The van der Waals surface area contributed by atoms with Gasteiger partial charge in [0, 0.05) is 11.8 Å². The summed E-state index contributed by atoms with van der Waals surface area (Å²) >= 11 is 0. The molecule has 4 aromatic carbocycles. The minimum atomic E-state index is 1.01. The molecule has 0 radical (unpaired) electrons. The Bertz CT molecular complexity index is 1650. The average Bonchev–Trinajstić information content (AvgIpc) is 3.21. The molecule has 168 valence electrons. The van der Waals surface area contributed by atoms with Gasteiger partial charge < -0.3 is 0 Å². The summed E-state index contributed by atoms with van der Waals surface area (Å²) in [6.07, 6.45) is 1.86. The second-order valence-electron chi connectivity index (χ2n) is 8.81. The Balaban J connectivity index is 1.71. The zero-order valence-electron chi connectivity index (χ0n) is 19.9. The molecule has 0 aliphatic rings. The molecule has 3 nitrogen and oxygen atoms in total. The maximum absolute atomic E-state index is 4.61. The van der Waals surface area contributed by atoms with Gasteiger partial charge in [-0.1, -0.05) is 78.9 Å². The quantitative estimate of drug-likeness (QED) is 0.260. The van der Waals surface area contributed by atoms with E-state index in [1.54, 1.807) is 0 Å². The van der Waals surface area contributed by atoms with Crippen molar-refractivity contribution in [3.05, 3.63) is 127 Å². The van der Waals surface area contributed by atoms with Crippen LogP contribution in [-0.2, 0) is 7.05 Å². The summed E-state index contributed by atoms with van der Waals surface area (Å²) in [4.78, 5) is 4.61. The van der Waals surface area contributed by atoms with E-state index < -0.39 is 0 Å². The van der Waals surface area contributed by atoms with Crippen LogP contribution in [0.3, 0.4) is 0 Å². The highest BCUT2D eigenvalue weighted by atomic mass is 15.2. The molecule has 0 unspecified atom stereocenters. The van der Waals surface area contributed by atoms with Gasteiger partial charge in [0.05, 0.1) is 18.3 Å². The number of aryl methyl sites for hydroxylation is 2. The van der Waals surface area contributed by atoms with Crippen LogP contribution < -0.4 is 4.57 Å². The van der Waals surface area contributed by atoms with Gasteiger partial charge in [0.1, 0.15) is 5.69 Å². The normalized spacial score (nSPS) is 11.1. The van der Waals surface area contributed by atoms with Crippen LogP contribution in [0.2, 0.25) is 0 Å². The number of hydrogen-bond acceptors (Lipinski definition) is 1. The second kappa shape index (κ2) is 8.69. The summed E-state index contributed by atoms with van der Waals surface area (Å²) in [6, 6.07) is 40.8. The molecule has 0 fully saturated rings. The van der Waals surface area contributed by atoms with Crippen molar-refractivity contribution in [2.24, 2.45) is 7.05 Å². The molecule has 6 aromatic rings. The summed E-state index contributed by atoms with van der Waals surface area (Å²) in [5.74, 6) is 1.11. The Morgan fingerprint density at radius 1 is 0.629 bits per heavy atom. The van der Waals surface area contributed by atoms with Gasteiger partial charge in [-0.3, -0.25) is 4.98 Å². The van der Waals surface area contributed by atoms with Crippen LogP contribution in [0.15, 0.2) is 121 Å². The number of hydrogen-bond donors (Lipinski definition) is 0. The topological polar surface area (TPSA) is 21.7 Å². The van der Waals surface area contributed by atoms with E-state index in [9.17, 15) is 0 Å². The van der Waals surface area contributed by atoms with Crippen molar-refractivity contribution in [1.29, 1.82) is 0 Å². The van der Waals surface area contributed by atoms with E-state index in [1.807, 2.05) is 12.3 Å². The van der Waals surface area contributed by atoms with Crippen LogP contribution in [0.1, 0.15) is 5.69 Å². The van der Waals surface area contributed by atoms with Gasteiger partial charge in [-0.2, -0.15) is 4.57 Å². The predicted octanol–water partition coefficient (Wildman–Crippen LogP) is 7.16. The van der Waals surface area contributed by atoms with Gasteiger partial charge in [0.15, 0.2) is 11.0 Å². The van der Waals surface area contributed by atoms with Gasteiger partial charge in [-0.05, 0) is 60.0 Å². The molecule has 2 aromatic heterocycles. The monoisotopic (exact) mass is 452 g/mol. The minimum Gasteiger partial charge on any atom is -0.261 e. The van der Waals surface area contributed by atoms with Crippen molar-refractivity contribution in [3.8, 4) is 39.3 Å². The first kappa shape index (κ1) is 21.1. The first-order valence-corrected chi connectivity index (χ1v) is 11.9. The summed E-state index contributed by atoms with van der Waals surface area (Å²) in [6.45, 7) is 2.08. The Hall–Kier alpha value is -4.50. The fourth-order valence-electron chi connectivity index (χ4n) is 4.97. The highest BCUT2D eigenvalue weighted by Gasteiger charge is 2.29. The van der Waals surface area contributed by atoms with E-state index in [2.05, 4.69) is 137 Å². The number of imidazole rings is 1. The number of benzene rings is 4. The maximum atomic E-state index is 4.61. The number of para-hydroxylation sites is 2. The number of pyridine rings is 1. The van der Waals surface area contributed by atoms with Crippen LogP contribution in [0.4, 0.5) is 0 Å².